The SMILES string of the molecule is CC1=CC2c3cc4c(cc3OC(C)(C)C2CC1)OCO4. The number of hydrogen-bond donors (Lipinski definition) is 0. The molecule has 0 saturated carbocycles. The molecule has 0 aromatic heterocycles. The van der Waals surface area contributed by atoms with Gasteiger partial charge in [0.1, 0.15) is 11.4 Å². The van der Waals surface area contributed by atoms with Crippen molar-refractivity contribution in [3.63, 3.8) is 0 Å². The second kappa shape index (κ2) is 3.94. The Balaban J connectivity index is 1.88. The van der Waals surface area contributed by atoms with Gasteiger partial charge in [-0.2, -0.15) is 0 Å². The Hall–Kier alpha value is -1.64. The van der Waals surface area contributed by atoms with Crippen LogP contribution in [0.4, 0.5) is 0 Å². The van der Waals surface area contributed by atoms with Gasteiger partial charge < -0.3 is 14.2 Å². The van der Waals surface area contributed by atoms with Crippen LogP contribution in [0.15, 0.2) is 23.8 Å². The maximum absolute atomic E-state index is 6.28. The highest BCUT2D eigenvalue weighted by molar-refractivity contribution is 5.55. The normalized spacial score (nSPS) is 29.1. The molecule has 4 rings (SSSR count). The maximum atomic E-state index is 6.28. The van der Waals surface area contributed by atoms with Crippen molar-refractivity contribution in [2.45, 2.75) is 45.1 Å². The van der Waals surface area contributed by atoms with Crippen LogP contribution in [0.25, 0.3) is 0 Å². The minimum absolute atomic E-state index is 0.136. The van der Waals surface area contributed by atoms with E-state index in [9.17, 15) is 0 Å². The molecule has 2 aliphatic heterocycles. The number of hydrogen-bond acceptors (Lipinski definition) is 3. The predicted molar refractivity (Wildman–Crippen MR) is 76.5 cm³/mol. The van der Waals surface area contributed by atoms with Gasteiger partial charge in [-0.1, -0.05) is 11.6 Å². The molecular formula is C17H20O3. The summed E-state index contributed by atoms with van der Waals surface area (Å²) in [5.74, 6) is 3.56. The second-order valence-corrected chi connectivity index (χ2v) is 6.63. The second-order valence-electron chi connectivity index (χ2n) is 6.63. The highest BCUT2D eigenvalue weighted by Crippen LogP contribution is 2.53. The predicted octanol–water partition coefficient (Wildman–Crippen LogP) is 4.03. The van der Waals surface area contributed by atoms with E-state index in [0.29, 0.717) is 18.6 Å². The van der Waals surface area contributed by atoms with Gasteiger partial charge in [0.25, 0.3) is 0 Å². The molecule has 2 unspecified atom stereocenters. The third-order valence-electron chi connectivity index (χ3n) is 4.88. The minimum Gasteiger partial charge on any atom is -0.487 e. The fourth-order valence-electron chi connectivity index (χ4n) is 3.80. The van der Waals surface area contributed by atoms with Crippen molar-refractivity contribution in [2.75, 3.05) is 6.79 Å². The molecule has 3 nitrogen and oxygen atoms in total. The summed E-state index contributed by atoms with van der Waals surface area (Å²) in [4.78, 5) is 0. The lowest BCUT2D eigenvalue weighted by Gasteiger charge is -2.46. The van der Waals surface area contributed by atoms with Gasteiger partial charge in [-0.05, 0) is 39.7 Å². The van der Waals surface area contributed by atoms with Gasteiger partial charge in [0.2, 0.25) is 6.79 Å². The molecule has 106 valence electrons. The largest absolute Gasteiger partial charge is 0.487 e. The van der Waals surface area contributed by atoms with Crippen LogP contribution in [0, 0.1) is 5.92 Å². The van der Waals surface area contributed by atoms with Crippen molar-refractivity contribution in [1.29, 1.82) is 0 Å². The van der Waals surface area contributed by atoms with Crippen molar-refractivity contribution in [3.8, 4) is 17.2 Å². The Kier molecular flexibility index (Phi) is 2.39. The van der Waals surface area contributed by atoms with Gasteiger partial charge in [-0.15, -0.1) is 0 Å². The fourth-order valence-corrected chi connectivity index (χ4v) is 3.80. The molecule has 0 N–H and O–H groups in total. The van der Waals surface area contributed by atoms with Gasteiger partial charge in [0.15, 0.2) is 11.5 Å². The van der Waals surface area contributed by atoms with E-state index in [1.165, 1.54) is 24.0 Å². The zero-order valence-corrected chi connectivity index (χ0v) is 12.2. The van der Waals surface area contributed by atoms with Crippen LogP contribution >= 0.6 is 0 Å². The molecule has 2 atom stereocenters. The van der Waals surface area contributed by atoms with Crippen LogP contribution in [0.2, 0.25) is 0 Å². The third kappa shape index (κ3) is 1.65. The maximum Gasteiger partial charge on any atom is 0.231 e. The Bertz CT molecular complexity index is 600. The van der Waals surface area contributed by atoms with E-state index in [1.54, 1.807) is 0 Å². The first-order chi connectivity index (χ1) is 9.54. The lowest BCUT2D eigenvalue weighted by atomic mass is 9.68. The number of allylic oxidation sites excluding steroid dienone is 2. The Morgan fingerprint density at radius 2 is 1.85 bits per heavy atom. The van der Waals surface area contributed by atoms with Crippen molar-refractivity contribution < 1.29 is 14.2 Å². The highest BCUT2D eigenvalue weighted by Gasteiger charge is 2.44. The van der Waals surface area contributed by atoms with Gasteiger partial charge in [-0.3, -0.25) is 0 Å². The monoisotopic (exact) mass is 272 g/mol. The van der Waals surface area contributed by atoms with Crippen LogP contribution in [0.3, 0.4) is 0 Å². The molecule has 0 spiro atoms. The first kappa shape index (κ1) is 12.1. The quantitative estimate of drug-likeness (QED) is 0.667. The van der Waals surface area contributed by atoms with Crippen molar-refractivity contribution in [2.24, 2.45) is 5.92 Å². The molecule has 3 aliphatic rings. The van der Waals surface area contributed by atoms with Crippen LogP contribution in [0.1, 0.15) is 45.1 Å². The molecule has 3 heteroatoms. The number of fused-ring (bicyclic) bond motifs is 4. The molecular weight excluding hydrogens is 252 g/mol. The zero-order chi connectivity index (χ0) is 13.9. The van der Waals surface area contributed by atoms with Crippen molar-refractivity contribution in [1.82, 2.24) is 0 Å². The lowest BCUT2D eigenvalue weighted by Crippen LogP contribution is -2.45. The molecule has 2 heterocycles. The molecule has 0 radical (unpaired) electrons. The van der Waals surface area contributed by atoms with Crippen LogP contribution in [-0.2, 0) is 0 Å². The smallest absolute Gasteiger partial charge is 0.231 e. The molecule has 0 saturated heterocycles. The van der Waals surface area contributed by atoms with Gasteiger partial charge in [-0.25, -0.2) is 0 Å². The summed E-state index contributed by atoms with van der Waals surface area (Å²) in [6, 6.07) is 4.10. The van der Waals surface area contributed by atoms with Gasteiger partial charge in [0.05, 0.1) is 0 Å². The molecule has 1 aromatic carbocycles. The van der Waals surface area contributed by atoms with E-state index in [1.807, 2.05) is 6.07 Å². The average molecular weight is 272 g/mol. The summed E-state index contributed by atoms with van der Waals surface area (Å²) in [6.45, 7) is 6.94. The van der Waals surface area contributed by atoms with Crippen LogP contribution in [0.5, 0.6) is 17.2 Å². The average Bonchev–Trinajstić information content (AvgIpc) is 2.83. The summed E-state index contributed by atoms with van der Waals surface area (Å²) in [7, 11) is 0. The summed E-state index contributed by atoms with van der Waals surface area (Å²) in [5.41, 5.74) is 2.59. The van der Waals surface area contributed by atoms with E-state index in [4.69, 9.17) is 14.2 Å². The minimum atomic E-state index is -0.136. The standard InChI is InChI=1S/C17H20O3/c1-10-4-5-13-11(6-10)12-7-15-16(19-9-18-15)8-14(12)20-17(13,2)3/h6-8,11,13H,4-5,9H2,1-3H3. The fraction of sp³-hybridized carbons (Fsp3) is 0.529. The summed E-state index contributed by atoms with van der Waals surface area (Å²) < 4.78 is 17.3. The van der Waals surface area contributed by atoms with E-state index in [2.05, 4.69) is 32.9 Å². The summed E-state index contributed by atoms with van der Waals surface area (Å²) >= 11 is 0. The molecule has 20 heavy (non-hydrogen) atoms. The number of ether oxygens (including phenoxy) is 3. The topological polar surface area (TPSA) is 27.7 Å². The summed E-state index contributed by atoms with van der Waals surface area (Å²) in [6.07, 6.45) is 4.78. The molecule has 0 amide bonds. The van der Waals surface area contributed by atoms with Gasteiger partial charge >= 0.3 is 0 Å². The Labute approximate surface area is 119 Å². The van der Waals surface area contributed by atoms with Crippen molar-refractivity contribution in [3.05, 3.63) is 29.3 Å². The first-order valence-electron chi connectivity index (χ1n) is 7.34. The van der Waals surface area contributed by atoms with Crippen molar-refractivity contribution >= 4 is 0 Å². The molecule has 0 bridgehead atoms. The molecule has 1 aromatic rings. The summed E-state index contributed by atoms with van der Waals surface area (Å²) in [5, 5.41) is 0. The van der Waals surface area contributed by atoms with Crippen LogP contribution < -0.4 is 14.2 Å². The van der Waals surface area contributed by atoms with Crippen LogP contribution in [-0.4, -0.2) is 12.4 Å². The number of benzene rings is 1. The Morgan fingerprint density at radius 1 is 1.10 bits per heavy atom. The molecule has 0 fully saturated rings. The van der Waals surface area contributed by atoms with E-state index in [0.717, 1.165) is 17.2 Å². The first-order valence-corrected chi connectivity index (χ1v) is 7.34. The van der Waals surface area contributed by atoms with E-state index in [-0.39, 0.29) is 5.60 Å². The number of rotatable bonds is 0. The van der Waals surface area contributed by atoms with E-state index < -0.39 is 0 Å². The zero-order valence-electron chi connectivity index (χ0n) is 12.2. The molecule has 1 aliphatic carbocycles. The highest BCUT2D eigenvalue weighted by atomic mass is 16.7. The lowest BCUT2D eigenvalue weighted by molar-refractivity contribution is 0.0115. The third-order valence-corrected chi connectivity index (χ3v) is 4.88. The Morgan fingerprint density at radius 3 is 2.65 bits per heavy atom. The van der Waals surface area contributed by atoms with Gasteiger partial charge in [0, 0.05) is 23.5 Å². The van der Waals surface area contributed by atoms with E-state index >= 15 is 0 Å².